The predicted molar refractivity (Wildman–Crippen MR) is 137 cm³/mol. The zero-order valence-electron chi connectivity index (χ0n) is 19.9. The molecule has 7 heteroatoms. The molecule has 1 aromatic carbocycles. The van der Waals surface area contributed by atoms with Crippen molar-refractivity contribution in [3.05, 3.63) is 87.2 Å². The second-order valence-corrected chi connectivity index (χ2v) is 10.6. The minimum atomic E-state index is -0.507. The molecule has 35 heavy (non-hydrogen) atoms. The number of pyridine rings is 1. The Balaban J connectivity index is 1.44. The third-order valence-corrected chi connectivity index (χ3v) is 8.18. The number of allylic oxidation sites excluding steroid dienone is 3. The van der Waals surface area contributed by atoms with Crippen molar-refractivity contribution in [1.29, 1.82) is 0 Å². The number of nitrogens with one attached hydrogen (secondary N) is 1. The van der Waals surface area contributed by atoms with Crippen molar-refractivity contribution >= 4 is 28.5 Å². The van der Waals surface area contributed by atoms with Gasteiger partial charge in [-0.1, -0.05) is 35.9 Å². The monoisotopic (exact) mass is 489 g/mol. The van der Waals surface area contributed by atoms with Gasteiger partial charge in [-0.3, -0.25) is 9.36 Å². The lowest BCUT2D eigenvalue weighted by molar-refractivity contribution is 0.0520. The number of likely N-dealkylation sites (N-methyl/N-ethyl adjacent to an activating group) is 1. The van der Waals surface area contributed by atoms with E-state index in [0.717, 1.165) is 24.9 Å². The van der Waals surface area contributed by atoms with Gasteiger partial charge in [0.25, 0.3) is 5.56 Å². The van der Waals surface area contributed by atoms with E-state index >= 15 is 0 Å². The molecule has 6 rings (SSSR count). The van der Waals surface area contributed by atoms with E-state index in [2.05, 4.69) is 47.4 Å². The van der Waals surface area contributed by atoms with Crippen LogP contribution < -0.4 is 5.56 Å². The Morgan fingerprint density at radius 1 is 1.23 bits per heavy atom. The summed E-state index contributed by atoms with van der Waals surface area (Å²) in [7, 11) is 2.12. The van der Waals surface area contributed by atoms with Crippen LogP contribution in [0.3, 0.4) is 0 Å². The minimum Gasteiger partial charge on any atom is -0.461 e. The highest BCUT2D eigenvalue weighted by molar-refractivity contribution is 6.35. The zero-order chi connectivity index (χ0) is 24.4. The smallest absolute Gasteiger partial charge is 0.354 e. The van der Waals surface area contributed by atoms with Gasteiger partial charge >= 0.3 is 5.97 Å². The summed E-state index contributed by atoms with van der Waals surface area (Å²) in [4.78, 5) is 30.9. The van der Waals surface area contributed by atoms with Crippen LogP contribution in [0.5, 0.6) is 0 Å². The summed E-state index contributed by atoms with van der Waals surface area (Å²) in [5.41, 5.74) is 4.03. The first-order valence-electron chi connectivity index (χ1n) is 12.2. The fourth-order valence-corrected chi connectivity index (χ4v) is 6.33. The Kier molecular flexibility index (Phi) is 5.01. The number of carbonyl (C=O) groups excluding carboxylic acids is 1. The summed E-state index contributed by atoms with van der Waals surface area (Å²) in [6.07, 6.45) is 14.1. The highest BCUT2D eigenvalue weighted by Gasteiger charge is 2.63. The lowest BCUT2D eigenvalue weighted by Crippen LogP contribution is -2.48. The molecule has 1 spiro atoms. The highest BCUT2D eigenvalue weighted by atomic mass is 35.5. The van der Waals surface area contributed by atoms with E-state index in [-0.39, 0.29) is 23.3 Å². The van der Waals surface area contributed by atoms with Crippen molar-refractivity contribution in [2.75, 3.05) is 13.7 Å². The van der Waals surface area contributed by atoms with Gasteiger partial charge in [0.1, 0.15) is 11.2 Å². The van der Waals surface area contributed by atoms with Crippen LogP contribution in [0, 0.1) is 5.41 Å². The molecule has 3 aromatic rings. The van der Waals surface area contributed by atoms with Crippen molar-refractivity contribution in [3.63, 3.8) is 0 Å². The van der Waals surface area contributed by atoms with Crippen LogP contribution in [-0.4, -0.2) is 34.1 Å². The van der Waals surface area contributed by atoms with Crippen LogP contribution in [-0.2, 0) is 10.2 Å². The molecule has 1 aliphatic heterocycles. The second kappa shape index (κ2) is 7.89. The molecule has 0 amide bonds. The van der Waals surface area contributed by atoms with Crippen molar-refractivity contribution < 1.29 is 9.53 Å². The van der Waals surface area contributed by atoms with Crippen molar-refractivity contribution in [2.45, 2.75) is 44.4 Å². The van der Waals surface area contributed by atoms with Crippen LogP contribution in [0.25, 0.3) is 16.6 Å². The SMILES string of the molecule is CCOC(=O)c1cc2c(Cl)cn(-c3cccc(C4(C5=CCC=CN5C)CC5(CC5)C4)c3)c(=O)c2[nH]1. The van der Waals surface area contributed by atoms with E-state index in [1.807, 2.05) is 12.1 Å². The molecule has 1 N–H and O–H groups in total. The molecule has 0 saturated heterocycles. The topological polar surface area (TPSA) is 67.3 Å². The molecule has 2 aromatic heterocycles. The van der Waals surface area contributed by atoms with E-state index < -0.39 is 5.97 Å². The Morgan fingerprint density at radius 3 is 2.74 bits per heavy atom. The number of rotatable bonds is 5. The Bertz CT molecular complexity index is 1470. The number of esters is 1. The summed E-state index contributed by atoms with van der Waals surface area (Å²) in [6, 6.07) is 9.84. The summed E-state index contributed by atoms with van der Waals surface area (Å²) in [6.45, 7) is 1.99. The number of aromatic nitrogens is 2. The van der Waals surface area contributed by atoms with Crippen LogP contribution in [0.2, 0.25) is 5.02 Å². The van der Waals surface area contributed by atoms with Gasteiger partial charge in [-0.2, -0.15) is 0 Å². The number of aromatic amines is 1. The second-order valence-electron chi connectivity index (χ2n) is 10.2. The summed E-state index contributed by atoms with van der Waals surface area (Å²) < 4.78 is 6.64. The molecular weight excluding hydrogens is 462 g/mol. The number of nitrogens with zero attached hydrogens (tertiary/aromatic N) is 2. The van der Waals surface area contributed by atoms with Crippen LogP contribution in [0.4, 0.5) is 0 Å². The van der Waals surface area contributed by atoms with Crippen LogP contribution >= 0.6 is 11.6 Å². The first kappa shape index (κ1) is 22.2. The molecule has 0 bridgehead atoms. The van der Waals surface area contributed by atoms with Crippen molar-refractivity contribution in [1.82, 2.24) is 14.5 Å². The lowest BCUT2D eigenvalue weighted by Gasteiger charge is -2.53. The average molecular weight is 490 g/mol. The summed E-state index contributed by atoms with van der Waals surface area (Å²) in [5.74, 6) is -0.507. The van der Waals surface area contributed by atoms with Crippen LogP contribution in [0.15, 0.2) is 65.4 Å². The maximum absolute atomic E-state index is 13.5. The van der Waals surface area contributed by atoms with Gasteiger partial charge in [0.15, 0.2) is 0 Å². The zero-order valence-corrected chi connectivity index (χ0v) is 20.7. The summed E-state index contributed by atoms with van der Waals surface area (Å²) >= 11 is 6.58. The molecule has 2 aliphatic carbocycles. The molecule has 3 aliphatic rings. The standard InChI is InChI=1S/C28H28ClN3O3/c1-3-35-26(34)22-14-20-21(29)15-32(25(33)24(20)30-22)19-8-6-7-18(13-19)28(16-27(17-28)10-11-27)23-9-4-5-12-31(23)2/h5-9,12-15,30H,3-4,10-11,16-17H2,1-2H3. The quantitative estimate of drug-likeness (QED) is 0.467. The van der Waals surface area contributed by atoms with Gasteiger partial charge in [-0.15, -0.1) is 0 Å². The number of H-pyrrole nitrogens is 1. The van der Waals surface area contributed by atoms with Gasteiger partial charge in [0, 0.05) is 35.4 Å². The van der Waals surface area contributed by atoms with E-state index in [9.17, 15) is 9.59 Å². The molecule has 0 radical (unpaired) electrons. The minimum absolute atomic E-state index is 0.0486. The Morgan fingerprint density at radius 2 is 2.03 bits per heavy atom. The van der Waals surface area contributed by atoms with E-state index in [4.69, 9.17) is 16.3 Å². The van der Waals surface area contributed by atoms with Crippen LogP contribution in [0.1, 0.15) is 55.1 Å². The maximum atomic E-state index is 13.5. The van der Waals surface area contributed by atoms with Gasteiger partial charge in [-0.25, -0.2) is 4.79 Å². The average Bonchev–Trinajstić information content (AvgIpc) is 3.49. The summed E-state index contributed by atoms with van der Waals surface area (Å²) in [5, 5.41) is 0.908. The largest absolute Gasteiger partial charge is 0.461 e. The number of hydrogen-bond donors (Lipinski definition) is 1. The molecule has 3 heterocycles. The maximum Gasteiger partial charge on any atom is 0.354 e. The predicted octanol–water partition coefficient (Wildman–Crippen LogP) is 5.69. The molecule has 2 fully saturated rings. The van der Waals surface area contributed by atoms with Gasteiger partial charge < -0.3 is 14.6 Å². The van der Waals surface area contributed by atoms with Crippen molar-refractivity contribution in [2.24, 2.45) is 5.41 Å². The Labute approximate surface area is 208 Å². The molecule has 2 saturated carbocycles. The lowest BCUT2D eigenvalue weighted by atomic mass is 9.54. The van der Waals surface area contributed by atoms with Gasteiger partial charge in [0.2, 0.25) is 0 Å². The molecule has 6 nitrogen and oxygen atoms in total. The van der Waals surface area contributed by atoms with Crippen molar-refractivity contribution in [3.8, 4) is 5.69 Å². The number of carbonyl (C=O) groups is 1. The fraction of sp³-hybridized carbons (Fsp3) is 0.357. The number of benzene rings is 1. The first-order valence-corrected chi connectivity index (χ1v) is 12.6. The van der Waals surface area contributed by atoms with Gasteiger partial charge in [0.05, 0.1) is 11.6 Å². The van der Waals surface area contributed by atoms with E-state index in [1.54, 1.807) is 23.8 Å². The van der Waals surface area contributed by atoms with E-state index in [0.29, 0.717) is 21.3 Å². The molecular formula is C28H28ClN3O3. The number of halogens is 1. The first-order chi connectivity index (χ1) is 16.9. The fourth-order valence-electron chi connectivity index (χ4n) is 6.09. The molecule has 180 valence electrons. The Hall–Kier alpha value is -3.25. The number of hydrogen-bond acceptors (Lipinski definition) is 4. The molecule has 0 atom stereocenters. The van der Waals surface area contributed by atoms with Gasteiger partial charge in [-0.05, 0) is 74.4 Å². The normalized spacial score (nSPS) is 19.5. The highest BCUT2D eigenvalue weighted by Crippen LogP contribution is 2.71. The van der Waals surface area contributed by atoms with E-state index in [1.165, 1.54) is 24.1 Å². The molecule has 0 unspecified atom stereocenters. The third kappa shape index (κ3) is 3.46. The third-order valence-electron chi connectivity index (χ3n) is 7.88. The number of ether oxygens (including phenoxy) is 1. The number of fused-ring (bicyclic) bond motifs is 1.